The molecule has 0 saturated heterocycles. The third kappa shape index (κ3) is 2.97. The lowest BCUT2D eigenvalue weighted by molar-refractivity contribution is -0.137. The summed E-state index contributed by atoms with van der Waals surface area (Å²) in [5.41, 5.74) is 5.99. The number of imidazole rings is 1. The molecule has 1 aromatic heterocycles. The number of hydrogen-bond donors (Lipinski definition) is 1. The van der Waals surface area contributed by atoms with Crippen molar-refractivity contribution >= 4 is 28.7 Å². The second-order valence-electron chi connectivity index (χ2n) is 4.17. The Kier molecular flexibility index (Phi) is 3.93. The molecule has 0 amide bonds. The molecule has 104 valence electrons. The quantitative estimate of drug-likeness (QED) is 0.877. The third-order valence-corrected chi connectivity index (χ3v) is 3.53. The highest BCUT2D eigenvalue weighted by Crippen LogP contribution is 2.31. The van der Waals surface area contributed by atoms with Crippen molar-refractivity contribution < 1.29 is 13.2 Å². The van der Waals surface area contributed by atoms with E-state index in [0.717, 1.165) is 24.3 Å². The van der Waals surface area contributed by atoms with E-state index in [1.54, 1.807) is 16.3 Å². The van der Waals surface area contributed by atoms with E-state index in [9.17, 15) is 13.2 Å². The first-order valence-electron chi connectivity index (χ1n) is 5.75. The lowest BCUT2D eigenvalue weighted by Crippen LogP contribution is -2.05. The molecule has 7 heteroatoms. The Bertz CT molecular complexity index is 577. The van der Waals surface area contributed by atoms with E-state index in [0.29, 0.717) is 12.1 Å². The van der Waals surface area contributed by atoms with Crippen LogP contribution in [0.5, 0.6) is 0 Å². The topological polar surface area (TPSA) is 43.8 Å². The van der Waals surface area contributed by atoms with Crippen LogP contribution < -0.4 is 5.73 Å². The Morgan fingerprint density at radius 3 is 2.74 bits per heavy atom. The molecule has 0 saturated carbocycles. The normalized spacial score (nSPS) is 12.2. The smallest absolute Gasteiger partial charge is 0.369 e. The monoisotopic (exact) mass is 289 g/mol. The van der Waals surface area contributed by atoms with Gasteiger partial charge in [-0.15, -0.1) is 0 Å². The average Bonchev–Trinajstić information content (AvgIpc) is 2.64. The predicted molar refractivity (Wildman–Crippen MR) is 72.1 cm³/mol. The number of thioether (sulfide) groups is 1. The number of nitrogens with zero attached hydrogens (tertiary/aromatic N) is 2. The number of nitrogen functional groups attached to an aromatic ring is 1. The first-order chi connectivity index (χ1) is 8.93. The standard InChI is InChI=1S/C12H14F3N3S/c1-19-6-2-5-18-10-4-3-8(12(13,14)15)7-9(10)17-11(18)16/h3-4,7H,2,5-6H2,1H3,(H2,16,17). The minimum absolute atomic E-state index is 0.260. The molecule has 0 unspecified atom stereocenters. The molecular formula is C12H14F3N3S. The van der Waals surface area contributed by atoms with Gasteiger partial charge in [0, 0.05) is 6.54 Å². The molecule has 0 aliphatic rings. The number of halogens is 3. The maximum Gasteiger partial charge on any atom is 0.416 e. The zero-order valence-electron chi connectivity index (χ0n) is 10.4. The summed E-state index contributed by atoms with van der Waals surface area (Å²) >= 11 is 1.72. The Labute approximate surface area is 113 Å². The van der Waals surface area contributed by atoms with Crippen LogP contribution in [0.3, 0.4) is 0 Å². The highest BCUT2D eigenvalue weighted by Gasteiger charge is 2.31. The van der Waals surface area contributed by atoms with Crippen LogP contribution in [0.4, 0.5) is 19.1 Å². The zero-order valence-corrected chi connectivity index (χ0v) is 11.2. The summed E-state index contributed by atoms with van der Waals surface area (Å²) in [4.78, 5) is 4.00. The molecule has 0 bridgehead atoms. The van der Waals surface area contributed by atoms with Gasteiger partial charge in [0.1, 0.15) is 0 Å². The number of aromatic nitrogens is 2. The van der Waals surface area contributed by atoms with Crippen LogP contribution >= 0.6 is 11.8 Å². The predicted octanol–water partition coefficient (Wildman–Crippen LogP) is 3.39. The molecule has 2 N–H and O–H groups in total. The molecule has 1 aromatic carbocycles. The fourth-order valence-electron chi connectivity index (χ4n) is 1.93. The van der Waals surface area contributed by atoms with E-state index in [1.165, 1.54) is 6.07 Å². The summed E-state index contributed by atoms with van der Waals surface area (Å²) in [7, 11) is 0. The minimum atomic E-state index is -4.36. The number of hydrogen-bond acceptors (Lipinski definition) is 3. The van der Waals surface area contributed by atoms with E-state index in [1.807, 2.05) is 6.26 Å². The lowest BCUT2D eigenvalue weighted by Gasteiger charge is -2.07. The van der Waals surface area contributed by atoms with Crippen LogP contribution in [0, 0.1) is 0 Å². The molecule has 0 radical (unpaired) electrons. The third-order valence-electron chi connectivity index (χ3n) is 2.84. The second-order valence-corrected chi connectivity index (χ2v) is 5.15. The molecule has 2 aromatic rings. The molecule has 3 nitrogen and oxygen atoms in total. The number of nitrogens with two attached hydrogens (primary N) is 1. The minimum Gasteiger partial charge on any atom is -0.369 e. The van der Waals surface area contributed by atoms with Gasteiger partial charge in [-0.1, -0.05) is 0 Å². The molecule has 1 heterocycles. The molecule has 0 fully saturated rings. The van der Waals surface area contributed by atoms with Gasteiger partial charge in [-0.2, -0.15) is 24.9 Å². The Balaban J connectivity index is 2.37. The van der Waals surface area contributed by atoms with Gasteiger partial charge in [-0.05, 0) is 36.6 Å². The van der Waals surface area contributed by atoms with Crippen molar-refractivity contribution in [1.29, 1.82) is 0 Å². The summed E-state index contributed by atoms with van der Waals surface area (Å²) in [5, 5.41) is 0. The Morgan fingerprint density at radius 2 is 2.11 bits per heavy atom. The van der Waals surface area contributed by atoms with Crippen LogP contribution in [0.25, 0.3) is 11.0 Å². The Morgan fingerprint density at radius 1 is 1.37 bits per heavy atom. The largest absolute Gasteiger partial charge is 0.416 e. The summed E-state index contributed by atoms with van der Waals surface area (Å²) in [5.74, 6) is 1.23. The van der Waals surface area contributed by atoms with Crippen molar-refractivity contribution in [3.8, 4) is 0 Å². The lowest BCUT2D eigenvalue weighted by atomic mass is 10.2. The maximum absolute atomic E-state index is 12.6. The summed E-state index contributed by atoms with van der Waals surface area (Å²) in [6.07, 6.45) is -1.45. The van der Waals surface area contributed by atoms with Crippen LogP contribution in [0.1, 0.15) is 12.0 Å². The van der Waals surface area contributed by atoms with Crippen molar-refractivity contribution in [3.05, 3.63) is 23.8 Å². The fraction of sp³-hybridized carbons (Fsp3) is 0.417. The highest BCUT2D eigenvalue weighted by molar-refractivity contribution is 7.98. The fourth-order valence-corrected chi connectivity index (χ4v) is 2.34. The molecule has 0 aliphatic heterocycles. The van der Waals surface area contributed by atoms with Crippen molar-refractivity contribution in [3.63, 3.8) is 0 Å². The summed E-state index contributed by atoms with van der Waals surface area (Å²) < 4.78 is 39.6. The maximum atomic E-state index is 12.6. The molecule has 0 spiro atoms. The number of aryl methyl sites for hydroxylation is 1. The van der Waals surface area contributed by atoms with Crippen LogP contribution in [-0.2, 0) is 12.7 Å². The number of rotatable bonds is 4. The summed E-state index contributed by atoms with van der Waals surface area (Å²) in [6, 6.07) is 3.53. The van der Waals surface area contributed by atoms with Crippen LogP contribution in [-0.4, -0.2) is 21.6 Å². The van der Waals surface area contributed by atoms with Crippen molar-refractivity contribution in [2.24, 2.45) is 0 Å². The average molecular weight is 289 g/mol. The van der Waals surface area contributed by atoms with Crippen molar-refractivity contribution in [2.75, 3.05) is 17.7 Å². The van der Waals surface area contributed by atoms with E-state index in [-0.39, 0.29) is 11.5 Å². The van der Waals surface area contributed by atoms with Gasteiger partial charge in [0.25, 0.3) is 0 Å². The first kappa shape index (κ1) is 14.0. The van der Waals surface area contributed by atoms with E-state index in [4.69, 9.17) is 5.73 Å². The molecule has 19 heavy (non-hydrogen) atoms. The van der Waals surface area contributed by atoms with Gasteiger partial charge < -0.3 is 10.3 Å². The zero-order chi connectivity index (χ0) is 14.0. The number of anilines is 1. The van der Waals surface area contributed by atoms with E-state index >= 15 is 0 Å². The second kappa shape index (κ2) is 5.32. The summed E-state index contributed by atoms with van der Waals surface area (Å²) in [6.45, 7) is 0.661. The molecular weight excluding hydrogens is 275 g/mol. The number of benzene rings is 1. The van der Waals surface area contributed by atoms with Crippen molar-refractivity contribution in [1.82, 2.24) is 9.55 Å². The number of alkyl halides is 3. The van der Waals surface area contributed by atoms with Gasteiger partial charge in [0.05, 0.1) is 16.6 Å². The molecule has 2 rings (SSSR count). The SMILES string of the molecule is CSCCCn1c(N)nc2cc(C(F)(F)F)ccc21. The van der Waals surface area contributed by atoms with E-state index < -0.39 is 11.7 Å². The van der Waals surface area contributed by atoms with Crippen molar-refractivity contribution in [2.45, 2.75) is 19.1 Å². The van der Waals surface area contributed by atoms with Crippen LogP contribution in [0.15, 0.2) is 18.2 Å². The molecule has 0 atom stereocenters. The van der Waals surface area contributed by atoms with Gasteiger partial charge in [-0.3, -0.25) is 0 Å². The van der Waals surface area contributed by atoms with E-state index in [2.05, 4.69) is 4.98 Å². The Hall–Kier alpha value is -1.37. The molecule has 0 aliphatic carbocycles. The van der Waals surface area contributed by atoms with Crippen LogP contribution in [0.2, 0.25) is 0 Å². The van der Waals surface area contributed by atoms with Gasteiger partial charge >= 0.3 is 6.18 Å². The first-order valence-corrected chi connectivity index (χ1v) is 7.15. The number of fused-ring (bicyclic) bond motifs is 1. The highest BCUT2D eigenvalue weighted by atomic mass is 32.2. The van der Waals surface area contributed by atoms with Gasteiger partial charge in [0.2, 0.25) is 5.95 Å². The van der Waals surface area contributed by atoms with Gasteiger partial charge in [-0.25, -0.2) is 4.98 Å². The van der Waals surface area contributed by atoms with Gasteiger partial charge in [0.15, 0.2) is 0 Å².